The number of nitrogens with one attached hydrogen (secondary N) is 2. The maximum absolute atomic E-state index is 12.8. The molecule has 0 unspecified atom stereocenters. The van der Waals surface area contributed by atoms with E-state index in [4.69, 9.17) is 4.74 Å². The number of aryl methyl sites for hydroxylation is 1. The predicted molar refractivity (Wildman–Crippen MR) is 106 cm³/mol. The maximum atomic E-state index is 12.8. The lowest BCUT2D eigenvalue weighted by Gasteiger charge is -2.38. The summed E-state index contributed by atoms with van der Waals surface area (Å²) in [4.78, 5) is 12.8. The molecule has 0 radical (unpaired) electrons. The third-order valence-corrected chi connectivity index (χ3v) is 4.93. The van der Waals surface area contributed by atoms with E-state index in [1.165, 1.54) is 0 Å². The van der Waals surface area contributed by atoms with Gasteiger partial charge in [0.25, 0.3) is 5.91 Å². The second-order valence-electron chi connectivity index (χ2n) is 7.82. The molecule has 3 N–H and O–H groups in total. The number of hydrogen-bond donors (Lipinski definition) is 3. The van der Waals surface area contributed by atoms with Crippen LogP contribution in [0.15, 0.2) is 48.5 Å². The Hall–Kier alpha value is -3.28. The van der Waals surface area contributed by atoms with Crippen molar-refractivity contribution in [2.75, 3.05) is 0 Å². The summed E-state index contributed by atoms with van der Waals surface area (Å²) in [6.07, 6.45) is 0.662. The molecule has 2 heterocycles. The van der Waals surface area contributed by atoms with E-state index in [0.717, 1.165) is 16.9 Å². The summed E-state index contributed by atoms with van der Waals surface area (Å²) in [5.41, 5.74) is 3.14. The van der Waals surface area contributed by atoms with Crippen LogP contribution >= 0.6 is 0 Å². The average molecular weight is 377 g/mol. The fourth-order valence-electron chi connectivity index (χ4n) is 3.59. The van der Waals surface area contributed by atoms with Crippen LogP contribution in [0.2, 0.25) is 0 Å². The van der Waals surface area contributed by atoms with Crippen molar-refractivity contribution in [1.82, 2.24) is 15.5 Å². The number of aromatic nitrogens is 2. The summed E-state index contributed by atoms with van der Waals surface area (Å²) in [5, 5.41) is 20.0. The Morgan fingerprint density at radius 1 is 1.25 bits per heavy atom. The minimum atomic E-state index is -0.381. The molecule has 1 atom stereocenters. The zero-order valence-electron chi connectivity index (χ0n) is 16.1. The van der Waals surface area contributed by atoms with Crippen LogP contribution < -0.4 is 10.1 Å². The molecule has 0 fully saturated rings. The van der Waals surface area contributed by atoms with Crippen LogP contribution in [-0.2, 0) is 0 Å². The Balaban J connectivity index is 1.59. The number of phenolic OH excluding ortho intramolecular Hbond substituents is 1. The second-order valence-corrected chi connectivity index (χ2v) is 7.82. The quantitative estimate of drug-likeness (QED) is 0.641. The fourth-order valence-corrected chi connectivity index (χ4v) is 3.59. The van der Waals surface area contributed by atoms with Crippen LogP contribution in [0.1, 0.15) is 47.9 Å². The molecule has 1 aliphatic heterocycles. The van der Waals surface area contributed by atoms with E-state index < -0.39 is 0 Å². The van der Waals surface area contributed by atoms with Crippen LogP contribution in [0.25, 0.3) is 11.3 Å². The smallest absolute Gasteiger partial charge is 0.269 e. The fraction of sp³-hybridized carbons (Fsp3) is 0.273. The Labute approximate surface area is 163 Å². The van der Waals surface area contributed by atoms with Crippen LogP contribution in [0.5, 0.6) is 11.5 Å². The second kappa shape index (κ2) is 6.71. The van der Waals surface area contributed by atoms with Gasteiger partial charge < -0.3 is 15.2 Å². The van der Waals surface area contributed by atoms with Crippen molar-refractivity contribution in [1.29, 1.82) is 0 Å². The molecular weight excluding hydrogens is 354 g/mol. The van der Waals surface area contributed by atoms with E-state index in [1.807, 2.05) is 45.0 Å². The molecule has 2 aromatic carbocycles. The number of hydrogen-bond acceptors (Lipinski definition) is 4. The highest BCUT2D eigenvalue weighted by atomic mass is 16.5. The molecule has 1 amide bonds. The molecule has 144 valence electrons. The van der Waals surface area contributed by atoms with Gasteiger partial charge in [-0.25, -0.2) is 0 Å². The van der Waals surface area contributed by atoms with Gasteiger partial charge >= 0.3 is 0 Å². The Kier molecular flexibility index (Phi) is 4.34. The number of carbonyl (C=O) groups excluding carboxylic acids is 1. The van der Waals surface area contributed by atoms with Gasteiger partial charge in [-0.1, -0.05) is 24.3 Å². The number of rotatable bonds is 3. The van der Waals surface area contributed by atoms with Gasteiger partial charge in [-0.2, -0.15) is 5.10 Å². The lowest BCUT2D eigenvalue weighted by Crippen LogP contribution is -2.41. The molecule has 0 bridgehead atoms. The molecule has 4 rings (SSSR count). The topological polar surface area (TPSA) is 87.2 Å². The molecule has 0 aliphatic carbocycles. The third-order valence-electron chi connectivity index (χ3n) is 4.93. The highest BCUT2D eigenvalue weighted by Gasteiger charge is 2.34. The number of benzene rings is 2. The van der Waals surface area contributed by atoms with Crippen molar-refractivity contribution in [3.05, 3.63) is 65.4 Å². The lowest BCUT2D eigenvalue weighted by atomic mass is 9.89. The Bertz CT molecular complexity index is 1040. The number of fused-ring (bicyclic) bond motifs is 1. The average Bonchev–Trinajstić information content (AvgIpc) is 3.10. The number of aromatic hydroxyl groups is 1. The number of aromatic amines is 1. The molecule has 6 heteroatoms. The molecule has 0 spiro atoms. The van der Waals surface area contributed by atoms with Crippen molar-refractivity contribution in [3.8, 4) is 22.8 Å². The number of ether oxygens (including phenoxy) is 1. The van der Waals surface area contributed by atoms with E-state index >= 15 is 0 Å². The monoisotopic (exact) mass is 377 g/mol. The summed E-state index contributed by atoms with van der Waals surface area (Å²) in [6, 6.07) is 14.4. The molecule has 1 aliphatic rings. The summed E-state index contributed by atoms with van der Waals surface area (Å²) in [7, 11) is 0. The molecular formula is C22H23N3O3. The lowest BCUT2D eigenvalue weighted by molar-refractivity contribution is 0.0617. The Morgan fingerprint density at radius 3 is 2.82 bits per heavy atom. The van der Waals surface area contributed by atoms with E-state index in [-0.39, 0.29) is 23.3 Å². The highest BCUT2D eigenvalue weighted by Crippen LogP contribution is 2.40. The summed E-state index contributed by atoms with van der Waals surface area (Å²) in [6.45, 7) is 6.05. The minimum absolute atomic E-state index is 0.122. The first-order chi connectivity index (χ1) is 13.3. The van der Waals surface area contributed by atoms with E-state index in [2.05, 4.69) is 15.5 Å². The number of carbonyl (C=O) groups is 1. The number of amides is 1. The van der Waals surface area contributed by atoms with Crippen molar-refractivity contribution < 1.29 is 14.6 Å². The maximum Gasteiger partial charge on any atom is 0.269 e. The zero-order valence-corrected chi connectivity index (χ0v) is 16.1. The minimum Gasteiger partial charge on any atom is -0.507 e. The first kappa shape index (κ1) is 18.1. The third kappa shape index (κ3) is 3.45. The molecule has 0 saturated heterocycles. The molecule has 28 heavy (non-hydrogen) atoms. The number of para-hydroxylation sites is 1. The van der Waals surface area contributed by atoms with Crippen LogP contribution in [-0.4, -0.2) is 26.8 Å². The predicted octanol–water partition coefficient (Wildman–Crippen LogP) is 4.12. The summed E-state index contributed by atoms with van der Waals surface area (Å²) in [5.74, 6) is 0.681. The van der Waals surface area contributed by atoms with Crippen molar-refractivity contribution in [2.45, 2.75) is 38.8 Å². The normalized spacial score (nSPS) is 17.5. The standard InChI is InChI=1S/C22H23N3O3/c1-13-8-9-15-18(12-22(2,3)28-20(15)10-13)23-21(27)17-11-16(24-25-17)14-6-4-5-7-19(14)26/h4-11,18,26H,12H2,1-3H3,(H,23,27)(H,24,25)/t18-/m1/s1. The largest absolute Gasteiger partial charge is 0.507 e. The van der Waals surface area contributed by atoms with Gasteiger partial charge in [-0.05, 0) is 50.6 Å². The first-order valence-corrected chi connectivity index (χ1v) is 9.27. The number of phenols is 1. The van der Waals surface area contributed by atoms with Gasteiger partial charge in [0.2, 0.25) is 0 Å². The van der Waals surface area contributed by atoms with Gasteiger partial charge in [0.15, 0.2) is 0 Å². The SMILES string of the molecule is Cc1ccc2c(c1)OC(C)(C)C[C@H]2NC(=O)c1cc(-c2ccccc2O)n[nH]1. The van der Waals surface area contributed by atoms with Gasteiger partial charge in [-0.3, -0.25) is 9.89 Å². The van der Waals surface area contributed by atoms with E-state index in [1.54, 1.807) is 24.3 Å². The van der Waals surface area contributed by atoms with Crippen molar-refractivity contribution in [2.24, 2.45) is 0 Å². The number of nitrogens with zero attached hydrogens (tertiary/aromatic N) is 1. The number of H-pyrrole nitrogens is 1. The summed E-state index contributed by atoms with van der Waals surface area (Å²) < 4.78 is 6.09. The van der Waals surface area contributed by atoms with Crippen molar-refractivity contribution in [3.63, 3.8) is 0 Å². The molecule has 0 saturated carbocycles. The molecule has 1 aromatic heterocycles. The van der Waals surface area contributed by atoms with Crippen LogP contribution in [0, 0.1) is 6.92 Å². The van der Waals surface area contributed by atoms with Crippen molar-refractivity contribution >= 4 is 5.91 Å². The van der Waals surface area contributed by atoms with Crippen LogP contribution in [0.4, 0.5) is 0 Å². The highest BCUT2D eigenvalue weighted by molar-refractivity contribution is 5.93. The molecule has 3 aromatic rings. The van der Waals surface area contributed by atoms with Gasteiger partial charge in [0.1, 0.15) is 22.8 Å². The van der Waals surface area contributed by atoms with Crippen LogP contribution in [0.3, 0.4) is 0 Å². The zero-order chi connectivity index (χ0) is 19.9. The van der Waals surface area contributed by atoms with Gasteiger partial charge in [0, 0.05) is 17.5 Å². The van der Waals surface area contributed by atoms with E-state index in [0.29, 0.717) is 23.4 Å². The first-order valence-electron chi connectivity index (χ1n) is 9.27. The molecule has 6 nitrogen and oxygen atoms in total. The van der Waals surface area contributed by atoms with E-state index in [9.17, 15) is 9.90 Å². The summed E-state index contributed by atoms with van der Waals surface area (Å²) >= 11 is 0. The Morgan fingerprint density at radius 2 is 2.04 bits per heavy atom. The van der Waals surface area contributed by atoms with Gasteiger partial charge in [0.05, 0.1) is 11.7 Å². The van der Waals surface area contributed by atoms with Gasteiger partial charge in [-0.15, -0.1) is 0 Å².